The Hall–Kier alpha value is -2.49. The lowest BCUT2D eigenvalue weighted by atomic mass is 10.2. The van der Waals surface area contributed by atoms with Gasteiger partial charge in [0, 0.05) is 18.4 Å². The van der Waals surface area contributed by atoms with Gasteiger partial charge in [0.05, 0.1) is 17.6 Å². The second kappa shape index (κ2) is 4.65. The van der Waals surface area contributed by atoms with E-state index in [1.807, 2.05) is 24.3 Å². The number of Topliss-reactive ketones (excluding diaryl/α,β-unsaturated/α-hetero) is 1. The standard InChI is InChI=1S/C15H12N2O2/c18-13-7-11-6-12(9-16-14(11)8-13)17-15(19)10-4-2-1-3-5-10/h1-6,9H,7-8H2,(H,17,19). The van der Waals surface area contributed by atoms with Crippen molar-refractivity contribution in [3.8, 4) is 0 Å². The fraction of sp³-hybridized carbons (Fsp3) is 0.133. The molecule has 0 saturated carbocycles. The first-order valence-corrected chi connectivity index (χ1v) is 6.08. The Balaban J connectivity index is 1.80. The number of anilines is 1. The molecule has 0 atom stereocenters. The molecule has 0 unspecified atom stereocenters. The maximum absolute atomic E-state index is 12.0. The highest BCUT2D eigenvalue weighted by Crippen LogP contribution is 2.21. The summed E-state index contributed by atoms with van der Waals surface area (Å²) in [5.41, 5.74) is 2.96. The Labute approximate surface area is 110 Å². The zero-order valence-corrected chi connectivity index (χ0v) is 10.2. The number of hydrogen-bond donors (Lipinski definition) is 1. The molecule has 0 radical (unpaired) electrons. The van der Waals surface area contributed by atoms with Gasteiger partial charge in [0.15, 0.2) is 0 Å². The molecule has 0 bridgehead atoms. The molecule has 1 aliphatic rings. The zero-order valence-electron chi connectivity index (χ0n) is 10.2. The second-order valence-corrected chi connectivity index (χ2v) is 4.54. The van der Waals surface area contributed by atoms with E-state index in [4.69, 9.17) is 0 Å². The minimum atomic E-state index is -0.174. The molecule has 3 rings (SSSR count). The van der Waals surface area contributed by atoms with Crippen molar-refractivity contribution in [3.63, 3.8) is 0 Å². The van der Waals surface area contributed by atoms with Crippen molar-refractivity contribution in [1.29, 1.82) is 0 Å². The smallest absolute Gasteiger partial charge is 0.255 e. The molecule has 4 nitrogen and oxygen atoms in total. The number of fused-ring (bicyclic) bond motifs is 1. The SMILES string of the molecule is O=C1Cc2cc(NC(=O)c3ccccc3)cnc2C1. The van der Waals surface area contributed by atoms with E-state index in [0.29, 0.717) is 24.1 Å². The number of rotatable bonds is 2. The second-order valence-electron chi connectivity index (χ2n) is 4.54. The lowest BCUT2D eigenvalue weighted by Crippen LogP contribution is -2.12. The van der Waals surface area contributed by atoms with Crippen LogP contribution in [0.1, 0.15) is 21.6 Å². The Morgan fingerprint density at radius 3 is 2.74 bits per heavy atom. The van der Waals surface area contributed by atoms with Crippen LogP contribution in [0.25, 0.3) is 0 Å². The number of nitrogens with zero attached hydrogens (tertiary/aromatic N) is 1. The summed E-state index contributed by atoms with van der Waals surface area (Å²) in [7, 11) is 0. The topological polar surface area (TPSA) is 59.1 Å². The summed E-state index contributed by atoms with van der Waals surface area (Å²) in [6.45, 7) is 0. The third-order valence-electron chi connectivity index (χ3n) is 3.11. The van der Waals surface area contributed by atoms with Crippen LogP contribution in [0.2, 0.25) is 0 Å². The molecule has 2 aromatic rings. The molecule has 0 saturated heterocycles. The van der Waals surface area contributed by atoms with Crippen molar-refractivity contribution in [2.24, 2.45) is 0 Å². The number of amides is 1. The first-order valence-electron chi connectivity index (χ1n) is 6.08. The number of pyridine rings is 1. The van der Waals surface area contributed by atoms with Gasteiger partial charge in [0.25, 0.3) is 5.91 Å². The molecule has 1 N–H and O–H groups in total. The van der Waals surface area contributed by atoms with Gasteiger partial charge in [0.2, 0.25) is 0 Å². The van der Waals surface area contributed by atoms with Gasteiger partial charge in [-0.05, 0) is 23.8 Å². The average Bonchev–Trinajstić information content (AvgIpc) is 2.79. The van der Waals surface area contributed by atoms with E-state index >= 15 is 0 Å². The van der Waals surface area contributed by atoms with Crippen LogP contribution in [-0.4, -0.2) is 16.7 Å². The van der Waals surface area contributed by atoms with Crippen LogP contribution in [0.4, 0.5) is 5.69 Å². The van der Waals surface area contributed by atoms with Crippen molar-refractivity contribution < 1.29 is 9.59 Å². The van der Waals surface area contributed by atoms with Gasteiger partial charge in [-0.1, -0.05) is 18.2 Å². The molecule has 1 amide bonds. The third kappa shape index (κ3) is 2.38. The molecule has 0 spiro atoms. The fourth-order valence-electron chi connectivity index (χ4n) is 2.17. The molecule has 94 valence electrons. The van der Waals surface area contributed by atoms with E-state index in [1.165, 1.54) is 0 Å². The maximum Gasteiger partial charge on any atom is 0.255 e. The van der Waals surface area contributed by atoms with Crippen molar-refractivity contribution in [2.75, 3.05) is 5.32 Å². The quantitative estimate of drug-likeness (QED) is 0.889. The van der Waals surface area contributed by atoms with E-state index in [-0.39, 0.29) is 11.7 Å². The van der Waals surface area contributed by atoms with E-state index < -0.39 is 0 Å². The Morgan fingerprint density at radius 1 is 1.16 bits per heavy atom. The van der Waals surface area contributed by atoms with Crippen LogP contribution in [0.5, 0.6) is 0 Å². The van der Waals surface area contributed by atoms with E-state index in [2.05, 4.69) is 10.3 Å². The van der Waals surface area contributed by atoms with Gasteiger partial charge in [0.1, 0.15) is 5.78 Å². The largest absolute Gasteiger partial charge is 0.321 e. The van der Waals surface area contributed by atoms with E-state index in [1.54, 1.807) is 18.3 Å². The summed E-state index contributed by atoms with van der Waals surface area (Å²) in [5.74, 6) is 0.000657. The Kier molecular flexibility index (Phi) is 2.83. The van der Waals surface area contributed by atoms with Crippen LogP contribution in [0.15, 0.2) is 42.6 Å². The number of carbonyl (C=O) groups excluding carboxylic acids is 2. The molecular formula is C15H12N2O2. The molecule has 1 aromatic carbocycles. The average molecular weight is 252 g/mol. The Morgan fingerprint density at radius 2 is 1.95 bits per heavy atom. The maximum atomic E-state index is 12.0. The van der Waals surface area contributed by atoms with Crippen LogP contribution in [0, 0.1) is 0 Å². The highest BCUT2D eigenvalue weighted by molar-refractivity contribution is 6.04. The summed E-state index contributed by atoms with van der Waals surface area (Å²) in [6, 6.07) is 10.8. The summed E-state index contributed by atoms with van der Waals surface area (Å²) >= 11 is 0. The van der Waals surface area contributed by atoms with Gasteiger partial charge in [-0.25, -0.2) is 0 Å². The molecule has 19 heavy (non-hydrogen) atoms. The van der Waals surface area contributed by atoms with Crippen molar-refractivity contribution >= 4 is 17.4 Å². The summed E-state index contributed by atoms with van der Waals surface area (Å²) in [6.07, 6.45) is 2.41. The molecule has 0 aliphatic heterocycles. The minimum absolute atomic E-state index is 0.174. The molecular weight excluding hydrogens is 240 g/mol. The van der Waals surface area contributed by atoms with E-state index in [9.17, 15) is 9.59 Å². The Bertz CT molecular complexity index is 650. The van der Waals surface area contributed by atoms with Gasteiger partial charge >= 0.3 is 0 Å². The van der Waals surface area contributed by atoms with Gasteiger partial charge in [-0.3, -0.25) is 14.6 Å². The van der Waals surface area contributed by atoms with Crippen molar-refractivity contribution in [1.82, 2.24) is 4.98 Å². The number of hydrogen-bond acceptors (Lipinski definition) is 3. The minimum Gasteiger partial charge on any atom is -0.321 e. The van der Waals surface area contributed by atoms with Gasteiger partial charge < -0.3 is 5.32 Å². The van der Waals surface area contributed by atoms with Gasteiger partial charge in [-0.15, -0.1) is 0 Å². The third-order valence-corrected chi connectivity index (χ3v) is 3.11. The molecule has 0 fully saturated rings. The van der Waals surface area contributed by atoms with E-state index in [0.717, 1.165) is 11.3 Å². The normalized spacial score (nSPS) is 13.2. The predicted molar refractivity (Wildman–Crippen MR) is 71.0 cm³/mol. The fourth-order valence-corrected chi connectivity index (χ4v) is 2.17. The molecule has 1 aromatic heterocycles. The predicted octanol–water partition coefficient (Wildman–Crippen LogP) is 2.00. The molecule has 4 heteroatoms. The van der Waals surface area contributed by atoms with Crippen LogP contribution in [0.3, 0.4) is 0 Å². The number of ketones is 1. The lowest BCUT2D eigenvalue weighted by Gasteiger charge is -2.06. The monoisotopic (exact) mass is 252 g/mol. The summed E-state index contributed by atoms with van der Waals surface area (Å²) < 4.78 is 0. The number of benzene rings is 1. The first-order chi connectivity index (χ1) is 9.22. The van der Waals surface area contributed by atoms with Crippen LogP contribution in [-0.2, 0) is 17.6 Å². The lowest BCUT2D eigenvalue weighted by molar-refractivity contribution is -0.117. The van der Waals surface area contributed by atoms with Crippen LogP contribution >= 0.6 is 0 Å². The molecule has 1 aliphatic carbocycles. The molecule has 1 heterocycles. The highest BCUT2D eigenvalue weighted by Gasteiger charge is 2.20. The number of carbonyl (C=O) groups is 2. The summed E-state index contributed by atoms with van der Waals surface area (Å²) in [5, 5.41) is 2.79. The number of nitrogens with one attached hydrogen (secondary N) is 1. The summed E-state index contributed by atoms with van der Waals surface area (Å²) in [4.78, 5) is 27.5. The van der Waals surface area contributed by atoms with Gasteiger partial charge in [-0.2, -0.15) is 0 Å². The van der Waals surface area contributed by atoms with Crippen molar-refractivity contribution in [3.05, 3.63) is 59.4 Å². The number of aromatic nitrogens is 1. The van der Waals surface area contributed by atoms with Crippen molar-refractivity contribution in [2.45, 2.75) is 12.8 Å². The van der Waals surface area contributed by atoms with Crippen LogP contribution < -0.4 is 5.32 Å². The first kappa shape index (κ1) is 11.6. The highest BCUT2D eigenvalue weighted by atomic mass is 16.1. The zero-order chi connectivity index (χ0) is 13.2.